The van der Waals surface area contributed by atoms with E-state index in [2.05, 4.69) is 0 Å². The van der Waals surface area contributed by atoms with Crippen LogP contribution in [0.4, 0.5) is 4.79 Å². The Balaban J connectivity index is 2.21. The molecule has 1 aliphatic heterocycles. The van der Waals surface area contributed by atoms with Crippen LogP contribution in [0.25, 0.3) is 0 Å². The molecule has 0 N–H and O–H groups in total. The lowest BCUT2D eigenvalue weighted by Crippen LogP contribution is -2.52. The van der Waals surface area contributed by atoms with Crippen molar-refractivity contribution in [3.05, 3.63) is 35.9 Å². The van der Waals surface area contributed by atoms with Gasteiger partial charge in [0.25, 0.3) is 0 Å². The molecule has 1 aliphatic rings. The van der Waals surface area contributed by atoms with Crippen molar-refractivity contribution in [2.75, 3.05) is 27.3 Å². The van der Waals surface area contributed by atoms with Crippen LogP contribution in [0.3, 0.4) is 0 Å². The van der Waals surface area contributed by atoms with Gasteiger partial charge in [0.1, 0.15) is 11.6 Å². The van der Waals surface area contributed by atoms with E-state index in [1.807, 2.05) is 65.0 Å². The van der Waals surface area contributed by atoms with Crippen molar-refractivity contribution in [3.63, 3.8) is 0 Å². The molecule has 1 aromatic carbocycles. The minimum absolute atomic E-state index is 0.123. The molecule has 0 radical (unpaired) electrons. The molecule has 1 heterocycles. The monoisotopic (exact) mass is 462 g/mol. The molecule has 0 unspecified atom stereocenters. The van der Waals surface area contributed by atoms with Gasteiger partial charge in [-0.15, -0.1) is 0 Å². The summed E-state index contributed by atoms with van der Waals surface area (Å²) in [6, 6.07) is 8.51. The molecule has 1 fully saturated rings. The van der Waals surface area contributed by atoms with E-state index in [4.69, 9.17) is 14.2 Å². The van der Waals surface area contributed by atoms with E-state index in [0.29, 0.717) is 19.6 Å². The van der Waals surface area contributed by atoms with Crippen LogP contribution in [0.5, 0.6) is 0 Å². The van der Waals surface area contributed by atoms with Crippen molar-refractivity contribution in [2.45, 2.75) is 65.3 Å². The molecule has 1 aromatic rings. The average molecular weight is 463 g/mol. The third kappa shape index (κ3) is 7.19. The van der Waals surface area contributed by atoms with E-state index < -0.39 is 35.7 Å². The first-order valence-electron chi connectivity index (χ1n) is 11.4. The normalized spacial score (nSPS) is 19.3. The largest absolute Gasteiger partial charge is 0.467 e. The van der Waals surface area contributed by atoms with Crippen molar-refractivity contribution in [2.24, 2.45) is 11.8 Å². The third-order valence-corrected chi connectivity index (χ3v) is 5.73. The summed E-state index contributed by atoms with van der Waals surface area (Å²) in [5, 5.41) is 0. The van der Waals surface area contributed by atoms with Gasteiger partial charge in [0.2, 0.25) is 5.91 Å². The van der Waals surface area contributed by atoms with Crippen molar-refractivity contribution < 1.29 is 28.6 Å². The maximum absolute atomic E-state index is 13.5. The zero-order valence-corrected chi connectivity index (χ0v) is 20.9. The molecule has 8 heteroatoms. The number of ether oxygens (including phenoxy) is 3. The molecule has 33 heavy (non-hydrogen) atoms. The molecule has 1 saturated heterocycles. The fraction of sp³-hybridized carbons (Fsp3) is 0.640. The van der Waals surface area contributed by atoms with Gasteiger partial charge >= 0.3 is 12.1 Å². The van der Waals surface area contributed by atoms with Gasteiger partial charge in [0.05, 0.1) is 32.3 Å². The highest BCUT2D eigenvalue weighted by molar-refractivity contribution is 5.87. The Morgan fingerprint density at radius 1 is 1.15 bits per heavy atom. The number of methoxy groups -OCH3 is 1. The van der Waals surface area contributed by atoms with Crippen LogP contribution in [0, 0.1) is 11.8 Å². The van der Waals surface area contributed by atoms with Crippen molar-refractivity contribution >= 4 is 18.0 Å². The SMILES string of the molecule is COC(=O)[C@H](C(C)C)N(C)C(=O)[C@@H]1CCN(C(=O)OC(C)(C)C)[C@H]1COCc1ccccc1. The molecular weight excluding hydrogens is 424 g/mol. The van der Waals surface area contributed by atoms with Gasteiger partial charge in [0, 0.05) is 13.6 Å². The highest BCUT2D eigenvalue weighted by Crippen LogP contribution is 2.30. The average Bonchev–Trinajstić information content (AvgIpc) is 3.16. The summed E-state index contributed by atoms with van der Waals surface area (Å²) in [5.74, 6) is -1.30. The summed E-state index contributed by atoms with van der Waals surface area (Å²) >= 11 is 0. The van der Waals surface area contributed by atoms with Crippen LogP contribution in [-0.2, 0) is 30.4 Å². The highest BCUT2D eigenvalue weighted by atomic mass is 16.6. The number of nitrogens with zero attached hydrogens (tertiary/aromatic N) is 2. The predicted octanol–water partition coefficient (Wildman–Crippen LogP) is 3.48. The van der Waals surface area contributed by atoms with Gasteiger partial charge in [0.15, 0.2) is 0 Å². The molecule has 184 valence electrons. The lowest BCUT2D eigenvalue weighted by atomic mass is 9.96. The molecule has 3 atom stereocenters. The number of likely N-dealkylation sites (N-methyl/N-ethyl adjacent to an activating group) is 1. The predicted molar refractivity (Wildman–Crippen MR) is 124 cm³/mol. The molecule has 8 nitrogen and oxygen atoms in total. The number of amides is 2. The van der Waals surface area contributed by atoms with Gasteiger partial charge in [-0.3, -0.25) is 4.79 Å². The quantitative estimate of drug-likeness (QED) is 0.550. The molecule has 0 saturated carbocycles. The standard InChI is InChI=1S/C25H38N2O6/c1-17(2)21(23(29)31-7)26(6)22(28)19-13-14-27(24(30)33-25(3,4)5)20(19)16-32-15-18-11-9-8-10-12-18/h8-12,17,19-21H,13-16H2,1-7H3/t19-,20+,21+/m1/s1. The lowest BCUT2D eigenvalue weighted by Gasteiger charge is -2.34. The van der Waals surface area contributed by atoms with Gasteiger partial charge in [-0.1, -0.05) is 44.2 Å². The summed E-state index contributed by atoms with van der Waals surface area (Å²) < 4.78 is 16.4. The Labute approximate surface area is 197 Å². The fourth-order valence-corrected chi connectivity index (χ4v) is 4.16. The molecule has 0 spiro atoms. The molecule has 2 amide bonds. The number of rotatable bonds is 8. The summed E-state index contributed by atoms with van der Waals surface area (Å²) in [7, 11) is 2.93. The number of hydrogen-bond acceptors (Lipinski definition) is 6. The van der Waals surface area contributed by atoms with Gasteiger partial charge in [-0.25, -0.2) is 9.59 Å². The van der Waals surface area contributed by atoms with E-state index in [9.17, 15) is 14.4 Å². The van der Waals surface area contributed by atoms with E-state index >= 15 is 0 Å². The maximum Gasteiger partial charge on any atom is 0.410 e. The van der Waals surface area contributed by atoms with E-state index in [-0.39, 0.29) is 18.4 Å². The van der Waals surface area contributed by atoms with Gasteiger partial charge in [-0.05, 0) is 38.7 Å². The van der Waals surface area contributed by atoms with Gasteiger partial charge < -0.3 is 24.0 Å². The summed E-state index contributed by atoms with van der Waals surface area (Å²) in [5.41, 5.74) is 0.351. The Morgan fingerprint density at radius 2 is 1.79 bits per heavy atom. The fourth-order valence-electron chi connectivity index (χ4n) is 4.16. The number of benzene rings is 1. The first-order chi connectivity index (χ1) is 15.5. The number of carbonyl (C=O) groups is 3. The minimum atomic E-state index is -0.705. The Bertz CT molecular complexity index is 805. The van der Waals surface area contributed by atoms with Gasteiger partial charge in [-0.2, -0.15) is 0 Å². The number of likely N-dealkylation sites (tertiary alicyclic amines) is 1. The summed E-state index contributed by atoms with van der Waals surface area (Å²) in [6.45, 7) is 10.1. The molecule has 0 aromatic heterocycles. The Kier molecular flexibility index (Phi) is 9.28. The zero-order chi connectivity index (χ0) is 24.8. The van der Waals surface area contributed by atoms with Crippen LogP contribution in [-0.4, -0.2) is 72.8 Å². The summed E-state index contributed by atoms with van der Waals surface area (Å²) in [6.07, 6.45) is -0.00420. The number of carbonyl (C=O) groups excluding carboxylic acids is 3. The first-order valence-corrected chi connectivity index (χ1v) is 11.4. The van der Waals surface area contributed by atoms with Crippen LogP contribution in [0.2, 0.25) is 0 Å². The lowest BCUT2D eigenvalue weighted by molar-refractivity contribution is -0.155. The van der Waals surface area contributed by atoms with Crippen LogP contribution < -0.4 is 0 Å². The maximum atomic E-state index is 13.5. The Morgan fingerprint density at radius 3 is 2.33 bits per heavy atom. The zero-order valence-electron chi connectivity index (χ0n) is 20.9. The molecule has 0 aliphatic carbocycles. The third-order valence-electron chi connectivity index (χ3n) is 5.73. The van der Waals surface area contributed by atoms with Crippen LogP contribution in [0.15, 0.2) is 30.3 Å². The minimum Gasteiger partial charge on any atom is -0.467 e. The van der Waals surface area contributed by atoms with Crippen molar-refractivity contribution in [1.82, 2.24) is 9.80 Å². The van der Waals surface area contributed by atoms with Crippen molar-refractivity contribution in [3.8, 4) is 0 Å². The summed E-state index contributed by atoms with van der Waals surface area (Å²) in [4.78, 5) is 41.7. The smallest absolute Gasteiger partial charge is 0.410 e. The molecule has 0 bridgehead atoms. The second kappa shape index (κ2) is 11.5. The second-order valence-electron chi connectivity index (χ2n) is 9.80. The van der Waals surface area contributed by atoms with Crippen LogP contribution in [0.1, 0.15) is 46.6 Å². The van der Waals surface area contributed by atoms with Crippen LogP contribution >= 0.6 is 0 Å². The number of hydrogen-bond donors (Lipinski definition) is 0. The molecular formula is C25H38N2O6. The first kappa shape index (κ1) is 26.6. The van der Waals surface area contributed by atoms with Crippen molar-refractivity contribution in [1.29, 1.82) is 0 Å². The Hall–Kier alpha value is -2.61. The van der Waals surface area contributed by atoms with E-state index in [0.717, 1.165) is 5.56 Å². The molecule has 2 rings (SSSR count). The van der Waals surface area contributed by atoms with E-state index in [1.165, 1.54) is 12.0 Å². The highest BCUT2D eigenvalue weighted by Gasteiger charge is 2.45. The second-order valence-corrected chi connectivity index (χ2v) is 9.80. The van der Waals surface area contributed by atoms with E-state index in [1.54, 1.807) is 11.9 Å². The topological polar surface area (TPSA) is 85.4 Å². The number of esters is 1.